The Hall–Kier alpha value is -1.36. The van der Waals surface area contributed by atoms with Gasteiger partial charge >= 0.3 is 0 Å². The van der Waals surface area contributed by atoms with E-state index >= 15 is 0 Å². The molecule has 0 radical (unpaired) electrons. The summed E-state index contributed by atoms with van der Waals surface area (Å²) < 4.78 is 0.673. The molecule has 0 aliphatic carbocycles. The number of hydrogen-bond acceptors (Lipinski definition) is 2. The van der Waals surface area contributed by atoms with E-state index in [-0.39, 0.29) is 11.1 Å². The van der Waals surface area contributed by atoms with Crippen LogP contribution in [0.5, 0.6) is 0 Å². The van der Waals surface area contributed by atoms with Crippen molar-refractivity contribution < 1.29 is 9.59 Å². The molecule has 5 heteroatoms. The van der Waals surface area contributed by atoms with Crippen molar-refractivity contribution >= 4 is 27.7 Å². The Kier molecular flexibility index (Phi) is 2.67. The van der Waals surface area contributed by atoms with E-state index in [0.29, 0.717) is 4.47 Å². The molecule has 0 fully saturated rings. The Morgan fingerprint density at radius 1 is 1.08 bits per heavy atom. The molecule has 0 aliphatic heterocycles. The van der Waals surface area contributed by atoms with Crippen LogP contribution in [0, 0.1) is 0 Å². The fraction of sp³-hybridized carbons (Fsp3) is 0. The molecule has 4 N–H and O–H groups in total. The topological polar surface area (TPSA) is 86.2 Å². The number of hydrogen-bond donors (Lipinski definition) is 2. The standard InChI is InChI=1S/C8H7BrN2O2/c9-4-1-2-5(7(10)12)6(3-4)8(11)13/h1-3H,(H2,10,12)(H2,11,13). The normalized spacial score (nSPS) is 9.62. The highest BCUT2D eigenvalue weighted by Crippen LogP contribution is 2.15. The van der Waals surface area contributed by atoms with Gasteiger partial charge in [0.25, 0.3) is 0 Å². The monoisotopic (exact) mass is 242 g/mol. The lowest BCUT2D eigenvalue weighted by Crippen LogP contribution is -2.20. The third kappa shape index (κ3) is 2.06. The zero-order chi connectivity index (χ0) is 10.0. The lowest BCUT2D eigenvalue weighted by atomic mass is 10.1. The third-order valence-electron chi connectivity index (χ3n) is 1.51. The van der Waals surface area contributed by atoms with Gasteiger partial charge in [0, 0.05) is 4.47 Å². The van der Waals surface area contributed by atoms with Crippen LogP contribution >= 0.6 is 15.9 Å². The predicted molar refractivity (Wildman–Crippen MR) is 51.2 cm³/mol. The molecule has 0 spiro atoms. The molecule has 1 aromatic carbocycles. The number of amides is 2. The number of carbonyl (C=O) groups is 2. The van der Waals surface area contributed by atoms with Gasteiger partial charge < -0.3 is 11.5 Å². The smallest absolute Gasteiger partial charge is 0.249 e. The number of rotatable bonds is 2. The van der Waals surface area contributed by atoms with Crippen LogP contribution in [0.2, 0.25) is 0 Å². The van der Waals surface area contributed by atoms with Crippen molar-refractivity contribution in [2.45, 2.75) is 0 Å². The Balaban J connectivity index is 3.35. The van der Waals surface area contributed by atoms with Gasteiger partial charge in [-0.15, -0.1) is 0 Å². The van der Waals surface area contributed by atoms with Crippen molar-refractivity contribution in [1.29, 1.82) is 0 Å². The summed E-state index contributed by atoms with van der Waals surface area (Å²) in [4.78, 5) is 21.7. The summed E-state index contributed by atoms with van der Waals surface area (Å²) >= 11 is 3.15. The second-order valence-corrected chi connectivity index (χ2v) is 3.33. The van der Waals surface area contributed by atoms with Gasteiger partial charge in [0.05, 0.1) is 11.1 Å². The van der Waals surface area contributed by atoms with Crippen LogP contribution in [0.4, 0.5) is 0 Å². The molecule has 2 amide bonds. The summed E-state index contributed by atoms with van der Waals surface area (Å²) in [6.45, 7) is 0. The third-order valence-corrected chi connectivity index (χ3v) is 2.01. The van der Waals surface area contributed by atoms with Crippen molar-refractivity contribution in [3.05, 3.63) is 33.8 Å². The lowest BCUT2D eigenvalue weighted by Gasteiger charge is -2.02. The molecular formula is C8H7BrN2O2. The van der Waals surface area contributed by atoms with Gasteiger partial charge in [0.2, 0.25) is 11.8 Å². The highest BCUT2D eigenvalue weighted by atomic mass is 79.9. The van der Waals surface area contributed by atoms with Gasteiger partial charge in [-0.2, -0.15) is 0 Å². The number of nitrogens with two attached hydrogens (primary N) is 2. The van der Waals surface area contributed by atoms with Gasteiger partial charge in [-0.1, -0.05) is 15.9 Å². The van der Waals surface area contributed by atoms with E-state index in [0.717, 1.165) is 0 Å². The van der Waals surface area contributed by atoms with Crippen LogP contribution in [-0.4, -0.2) is 11.8 Å². The Labute approximate surface area is 83.0 Å². The summed E-state index contributed by atoms with van der Waals surface area (Å²) in [6.07, 6.45) is 0. The number of benzene rings is 1. The van der Waals surface area contributed by atoms with Crippen LogP contribution in [0.25, 0.3) is 0 Å². The van der Waals surface area contributed by atoms with Crippen LogP contribution in [-0.2, 0) is 0 Å². The Bertz CT molecular complexity index is 376. The van der Waals surface area contributed by atoms with E-state index in [4.69, 9.17) is 11.5 Å². The fourth-order valence-electron chi connectivity index (χ4n) is 0.935. The first-order valence-corrected chi connectivity index (χ1v) is 4.21. The lowest BCUT2D eigenvalue weighted by molar-refractivity contribution is 0.0967. The summed E-state index contributed by atoms with van der Waals surface area (Å²) in [7, 11) is 0. The van der Waals surface area contributed by atoms with E-state index in [2.05, 4.69) is 15.9 Å². The summed E-state index contributed by atoms with van der Waals surface area (Å²) in [6, 6.07) is 4.53. The number of halogens is 1. The molecule has 0 unspecified atom stereocenters. The highest BCUT2D eigenvalue weighted by Gasteiger charge is 2.12. The first-order valence-electron chi connectivity index (χ1n) is 3.41. The molecule has 0 saturated carbocycles. The summed E-state index contributed by atoms with van der Waals surface area (Å²) in [5.74, 6) is -1.34. The van der Waals surface area contributed by atoms with Gasteiger partial charge in [-0.05, 0) is 18.2 Å². The molecule has 13 heavy (non-hydrogen) atoms. The maximum Gasteiger partial charge on any atom is 0.249 e. The summed E-state index contributed by atoms with van der Waals surface area (Å²) in [5, 5.41) is 0. The van der Waals surface area contributed by atoms with E-state index in [1.54, 1.807) is 6.07 Å². The minimum absolute atomic E-state index is 0.127. The molecule has 0 aliphatic rings. The Morgan fingerprint density at radius 3 is 2.08 bits per heavy atom. The molecule has 1 aromatic rings. The van der Waals surface area contributed by atoms with Gasteiger partial charge in [-0.25, -0.2) is 0 Å². The molecular weight excluding hydrogens is 236 g/mol. The van der Waals surface area contributed by atoms with Crippen molar-refractivity contribution in [2.75, 3.05) is 0 Å². The molecule has 68 valence electrons. The van der Waals surface area contributed by atoms with Gasteiger partial charge in [-0.3, -0.25) is 9.59 Å². The predicted octanol–water partition coefficient (Wildman–Crippen LogP) is 0.647. The van der Waals surface area contributed by atoms with Crippen LogP contribution in [0.15, 0.2) is 22.7 Å². The Morgan fingerprint density at radius 2 is 1.62 bits per heavy atom. The minimum Gasteiger partial charge on any atom is -0.366 e. The second-order valence-electron chi connectivity index (χ2n) is 2.42. The minimum atomic E-state index is -0.671. The van der Waals surface area contributed by atoms with E-state index < -0.39 is 11.8 Å². The van der Waals surface area contributed by atoms with Crippen molar-refractivity contribution in [3.8, 4) is 0 Å². The van der Waals surface area contributed by atoms with E-state index in [1.165, 1.54) is 12.1 Å². The van der Waals surface area contributed by atoms with Crippen molar-refractivity contribution in [3.63, 3.8) is 0 Å². The zero-order valence-electron chi connectivity index (χ0n) is 6.58. The van der Waals surface area contributed by atoms with E-state index in [9.17, 15) is 9.59 Å². The number of primary amides is 2. The molecule has 0 atom stereocenters. The molecule has 1 rings (SSSR count). The van der Waals surface area contributed by atoms with Crippen LogP contribution in [0.1, 0.15) is 20.7 Å². The second kappa shape index (κ2) is 3.57. The maximum absolute atomic E-state index is 10.9. The fourth-order valence-corrected chi connectivity index (χ4v) is 1.30. The molecule has 0 saturated heterocycles. The molecule has 0 heterocycles. The van der Waals surface area contributed by atoms with Crippen molar-refractivity contribution in [2.24, 2.45) is 11.5 Å². The quantitative estimate of drug-likeness (QED) is 0.798. The highest BCUT2D eigenvalue weighted by molar-refractivity contribution is 9.10. The molecule has 4 nitrogen and oxygen atoms in total. The summed E-state index contributed by atoms with van der Waals surface area (Å²) in [5.41, 5.74) is 10.4. The zero-order valence-corrected chi connectivity index (χ0v) is 8.17. The van der Waals surface area contributed by atoms with E-state index in [1.807, 2.05) is 0 Å². The molecule has 0 aromatic heterocycles. The first kappa shape index (κ1) is 9.73. The average Bonchev–Trinajstić information content (AvgIpc) is 2.03. The molecule has 0 bridgehead atoms. The van der Waals surface area contributed by atoms with Gasteiger partial charge in [0.1, 0.15) is 0 Å². The van der Waals surface area contributed by atoms with Gasteiger partial charge in [0.15, 0.2) is 0 Å². The largest absolute Gasteiger partial charge is 0.366 e. The average molecular weight is 243 g/mol. The van der Waals surface area contributed by atoms with Crippen LogP contribution < -0.4 is 11.5 Å². The first-order chi connectivity index (χ1) is 6.02. The number of carbonyl (C=O) groups excluding carboxylic acids is 2. The van der Waals surface area contributed by atoms with Crippen molar-refractivity contribution in [1.82, 2.24) is 0 Å². The van der Waals surface area contributed by atoms with Crippen LogP contribution in [0.3, 0.4) is 0 Å². The SMILES string of the molecule is NC(=O)c1ccc(Br)cc1C(N)=O. The maximum atomic E-state index is 10.9.